The maximum atomic E-state index is 3.54. The van der Waals surface area contributed by atoms with E-state index in [0.717, 1.165) is 13.0 Å². The number of benzene rings is 1. The molecular formula is C20H29N. The second-order valence-electron chi connectivity index (χ2n) is 6.10. The average molecular weight is 283 g/mol. The molecule has 2 rings (SSSR count). The third-order valence-electron chi connectivity index (χ3n) is 4.27. The van der Waals surface area contributed by atoms with Crippen LogP contribution in [-0.2, 0) is 6.54 Å². The van der Waals surface area contributed by atoms with E-state index >= 15 is 0 Å². The number of nitrogens with zero attached hydrogens (tertiary/aromatic N) is 1. The highest BCUT2D eigenvalue weighted by Crippen LogP contribution is 2.19. The minimum atomic E-state index is 0.477. The predicted octanol–water partition coefficient (Wildman–Crippen LogP) is 5.01. The lowest BCUT2D eigenvalue weighted by atomic mass is 10.0. The highest BCUT2D eigenvalue weighted by Gasteiger charge is 2.20. The van der Waals surface area contributed by atoms with Gasteiger partial charge in [0.05, 0.1) is 6.04 Å². The van der Waals surface area contributed by atoms with Crippen molar-refractivity contribution >= 4 is 0 Å². The Labute approximate surface area is 130 Å². The van der Waals surface area contributed by atoms with Gasteiger partial charge in [0, 0.05) is 13.0 Å². The summed E-state index contributed by atoms with van der Waals surface area (Å²) in [6.07, 6.45) is 10.2. The van der Waals surface area contributed by atoms with Gasteiger partial charge in [0.2, 0.25) is 0 Å². The Kier molecular flexibility index (Phi) is 7.39. The molecular weight excluding hydrogens is 254 g/mol. The molecule has 0 bridgehead atoms. The van der Waals surface area contributed by atoms with Gasteiger partial charge in [-0.2, -0.15) is 0 Å². The Hall–Kier alpha value is -1.26. The van der Waals surface area contributed by atoms with Crippen molar-refractivity contribution in [3.63, 3.8) is 0 Å². The topological polar surface area (TPSA) is 3.24 Å². The SMILES string of the molecule is CCCCCCC#CC1CCCCN1Cc1ccccc1. The summed E-state index contributed by atoms with van der Waals surface area (Å²) in [6, 6.07) is 11.3. The molecule has 0 spiro atoms. The molecule has 1 atom stereocenters. The molecule has 0 saturated carbocycles. The average Bonchev–Trinajstić information content (AvgIpc) is 2.53. The molecule has 0 aromatic heterocycles. The Morgan fingerprint density at radius 2 is 1.95 bits per heavy atom. The van der Waals surface area contributed by atoms with E-state index in [4.69, 9.17) is 0 Å². The summed E-state index contributed by atoms with van der Waals surface area (Å²) in [4.78, 5) is 2.57. The Morgan fingerprint density at radius 1 is 1.10 bits per heavy atom. The third-order valence-corrected chi connectivity index (χ3v) is 4.27. The van der Waals surface area contributed by atoms with E-state index in [2.05, 4.69) is 54.0 Å². The van der Waals surface area contributed by atoms with E-state index in [-0.39, 0.29) is 0 Å². The van der Waals surface area contributed by atoms with Gasteiger partial charge < -0.3 is 0 Å². The molecule has 1 aromatic carbocycles. The van der Waals surface area contributed by atoms with Gasteiger partial charge in [0.15, 0.2) is 0 Å². The van der Waals surface area contributed by atoms with Gasteiger partial charge in [-0.25, -0.2) is 0 Å². The molecule has 1 saturated heterocycles. The maximum absolute atomic E-state index is 3.54. The van der Waals surface area contributed by atoms with Crippen LogP contribution in [-0.4, -0.2) is 17.5 Å². The van der Waals surface area contributed by atoms with E-state index in [1.807, 2.05) is 0 Å². The molecule has 0 N–H and O–H groups in total. The highest BCUT2D eigenvalue weighted by atomic mass is 15.2. The molecule has 1 aliphatic rings. The number of unbranched alkanes of at least 4 members (excludes halogenated alkanes) is 4. The first-order valence-corrected chi connectivity index (χ1v) is 8.66. The summed E-state index contributed by atoms with van der Waals surface area (Å²) in [5, 5.41) is 0. The van der Waals surface area contributed by atoms with Gasteiger partial charge in [-0.05, 0) is 37.8 Å². The zero-order valence-corrected chi connectivity index (χ0v) is 13.5. The molecule has 1 aromatic rings. The predicted molar refractivity (Wildman–Crippen MR) is 91.0 cm³/mol. The lowest BCUT2D eigenvalue weighted by Gasteiger charge is -2.32. The summed E-state index contributed by atoms with van der Waals surface area (Å²) < 4.78 is 0. The number of likely N-dealkylation sites (tertiary alicyclic amines) is 1. The second kappa shape index (κ2) is 9.64. The highest BCUT2D eigenvalue weighted by molar-refractivity contribution is 5.16. The van der Waals surface area contributed by atoms with Gasteiger partial charge in [-0.1, -0.05) is 62.4 Å². The van der Waals surface area contributed by atoms with Crippen LogP contribution < -0.4 is 0 Å². The van der Waals surface area contributed by atoms with Gasteiger partial charge in [0.1, 0.15) is 0 Å². The van der Waals surface area contributed by atoms with Crippen LogP contribution in [0.3, 0.4) is 0 Å². The molecule has 21 heavy (non-hydrogen) atoms. The monoisotopic (exact) mass is 283 g/mol. The van der Waals surface area contributed by atoms with E-state index in [0.29, 0.717) is 6.04 Å². The van der Waals surface area contributed by atoms with Crippen LogP contribution in [0.25, 0.3) is 0 Å². The van der Waals surface area contributed by atoms with Crippen molar-refractivity contribution in [2.75, 3.05) is 6.54 Å². The smallest absolute Gasteiger partial charge is 0.0717 e. The van der Waals surface area contributed by atoms with Crippen molar-refractivity contribution in [1.29, 1.82) is 0 Å². The van der Waals surface area contributed by atoms with Crippen molar-refractivity contribution in [2.45, 2.75) is 70.9 Å². The maximum Gasteiger partial charge on any atom is 0.0717 e. The lowest BCUT2D eigenvalue weighted by Crippen LogP contribution is -2.37. The van der Waals surface area contributed by atoms with Crippen LogP contribution in [0.2, 0.25) is 0 Å². The molecule has 1 nitrogen and oxygen atoms in total. The van der Waals surface area contributed by atoms with E-state index in [9.17, 15) is 0 Å². The lowest BCUT2D eigenvalue weighted by molar-refractivity contribution is 0.178. The minimum Gasteiger partial charge on any atom is -0.286 e. The van der Waals surface area contributed by atoms with Crippen LogP contribution in [0.5, 0.6) is 0 Å². The van der Waals surface area contributed by atoms with Crippen LogP contribution in [0, 0.1) is 11.8 Å². The molecule has 114 valence electrons. The van der Waals surface area contributed by atoms with Crippen LogP contribution in [0.1, 0.15) is 63.9 Å². The van der Waals surface area contributed by atoms with Crippen LogP contribution in [0.15, 0.2) is 30.3 Å². The second-order valence-corrected chi connectivity index (χ2v) is 6.10. The van der Waals surface area contributed by atoms with Gasteiger partial charge in [0.25, 0.3) is 0 Å². The minimum absolute atomic E-state index is 0.477. The quantitative estimate of drug-likeness (QED) is 0.523. The summed E-state index contributed by atoms with van der Waals surface area (Å²) in [7, 11) is 0. The zero-order chi connectivity index (χ0) is 14.8. The van der Waals surface area contributed by atoms with Gasteiger partial charge >= 0.3 is 0 Å². The molecule has 0 aliphatic carbocycles. The summed E-state index contributed by atoms with van der Waals surface area (Å²) in [6.45, 7) is 4.51. The normalized spacial score (nSPS) is 19.0. The number of hydrogen-bond donors (Lipinski definition) is 0. The first kappa shape index (κ1) is 16.1. The summed E-state index contributed by atoms with van der Waals surface area (Å²) in [5.74, 6) is 6.98. The fourth-order valence-electron chi connectivity index (χ4n) is 2.99. The van der Waals surface area contributed by atoms with Crippen LogP contribution >= 0.6 is 0 Å². The van der Waals surface area contributed by atoms with E-state index in [1.165, 1.54) is 57.1 Å². The van der Waals surface area contributed by atoms with Crippen LogP contribution in [0.4, 0.5) is 0 Å². The fraction of sp³-hybridized carbons (Fsp3) is 0.600. The molecule has 1 aliphatic heterocycles. The van der Waals surface area contributed by atoms with Gasteiger partial charge in [-0.15, -0.1) is 5.92 Å². The standard InChI is InChI=1S/C20H29N/c1-2-3-4-5-6-10-15-20-16-11-12-17-21(20)18-19-13-8-7-9-14-19/h7-9,13-14,20H,2-6,11-12,16-18H2,1H3. The van der Waals surface area contributed by atoms with E-state index < -0.39 is 0 Å². The van der Waals surface area contributed by atoms with Gasteiger partial charge in [-0.3, -0.25) is 4.90 Å². The Balaban J connectivity index is 1.83. The molecule has 0 radical (unpaired) electrons. The summed E-state index contributed by atoms with van der Waals surface area (Å²) >= 11 is 0. The zero-order valence-electron chi connectivity index (χ0n) is 13.5. The molecule has 1 unspecified atom stereocenters. The number of piperidine rings is 1. The fourth-order valence-corrected chi connectivity index (χ4v) is 2.99. The largest absolute Gasteiger partial charge is 0.286 e. The summed E-state index contributed by atoms with van der Waals surface area (Å²) in [5.41, 5.74) is 1.41. The Morgan fingerprint density at radius 3 is 2.76 bits per heavy atom. The number of hydrogen-bond acceptors (Lipinski definition) is 1. The van der Waals surface area contributed by atoms with Crippen molar-refractivity contribution in [2.24, 2.45) is 0 Å². The van der Waals surface area contributed by atoms with Crippen molar-refractivity contribution in [1.82, 2.24) is 4.90 Å². The van der Waals surface area contributed by atoms with Crippen molar-refractivity contribution < 1.29 is 0 Å². The molecule has 1 fully saturated rings. The first-order chi connectivity index (χ1) is 10.4. The molecule has 1 heteroatoms. The van der Waals surface area contributed by atoms with Crippen molar-refractivity contribution in [3.8, 4) is 11.8 Å². The Bertz CT molecular complexity index is 440. The molecule has 0 amide bonds. The number of rotatable bonds is 6. The van der Waals surface area contributed by atoms with E-state index in [1.54, 1.807) is 0 Å². The van der Waals surface area contributed by atoms with Crippen molar-refractivity contribution in [3.05, 3.63) is 35.9 Å². The molecule has 1 heterocycles. The third kappa shape index (κ3) is 5.94. The first-order valence-electron chi connectivity index (χ1n) is 8.66.